The Morgan fingerprint density at radius 3 is 2.81 bits per heavy atom. The van der Waals surface area contributed by atoms with E-state index >= 15 is 0 Å². The molecule has 1 aromatic carbocycles. The van der Waals surface area contributed by atoms with Crippen LogP contribution in [0, 0.1) is 0 Å². The Kier molecular flexibility index (Phi) is 5.17. The third kappa shape index (κ3) is 3.50. The quantitative estimate of drug-likeness (QED) is 0.589. The second-order valence-electron chi connectivity index (χ2n) is 10.1. The number of amides is 1. The highest BCUT2D eigenvalue weighted by molar-refractivity contribution is 5.98. The third-order valence-electron chi connectivity index (χ3n) is 7.48. The summed E-state index contributed by atoms with van der Waals surface area (Å²) in [7, 11) is 1.71. The lowest BCUT2D eigenvalue weighted by Gasteiger charge is -2.32. The highest BCUT2D eigenvalue weighted by Crippen LogP contribution is 2.52. The predicted molar refractivity (Wildman–Crippen MR) is 126 cm³/mol. The van der Waals surface area contributed by atoms with E-state index < -0.39 is 12.2 Å². The maximum atomic E-state index is 13.3. The van der Waals surface area contributed by atoms with Gasteiger partial charge in [0.2, 0.25) is 5.78 Å². The molecule has 1 aliphatic carbocycles. The zero-order chi connectivity index (χ0) is 25.4. The largest absolute Gasteiger partial charge is 0.434 e. The number of carbonyl (C=O) groups excluding carboxylic acids is 1. The number of ether oxygens (including phenoxy) is 2. The minimum Gasteiger partial charge on any atom is -0.434 e. The van der Waals surface area contributed by atoms with Crippen LogP contribution in [0.25, 0.3) is 11.4 Å². The van der Waals surface area contributed by atoms with Gasteiger partial charge >= 0.3 is 6.61 Å². The van der Waals surface area contributed by atoms with Crippen molar-refractivity contribution in [3.63, 3.8) is 0 Å². The van der Waals surface area contributed by atoms with E-state index in [9.17, 15) is 18.7 Å². The zero-order valence-electron chi connectivity index (χ0n) is 20.1. The molecule has 0 saturated carbocycles. The number of imidazole rings is 1. The van der Waals surface area contributed by atoms with Gasteiger partial charge in [-0.05, 0) is 44.4 Å². The SMILES string of the molecule is CN1C(=O)c2cccc(OC(F)F)c2C2CC1c1nc3ncc(C4=CCC(C(C)(C)O)OC4)cn3c12. The van der Waals surface area contributed by atoms with E-state index in [2.05, 4.69) is 4.98 Å². The molecule has 3 unspecified atom stereocenters. The molecule has 36 heavy (non-hydrogen) atoms. The van der Waals surface area contributed by atoms with Crippen molar-refractivity contribution in [1.29, 1.82) is 0 Å². The number of aliphatic hydroxyl groups is 1. The van der Waals surface area contributed by atoms with Gasteiger partial charge in [0, 0.05) is 42.0 Å². The molecule has 0 fully saturated rings. The van der Waals surface area contributed by atoms with Gasteiger partial charge in [-0.15, -0.1) is 0 Å². The summed E-state index contributed by atoms with van der Waals surface area (Å²) in [4.78, 5) is 24.2. The van der Waals surface area contributed by atoms with Crippen molar-refractivity contribution in [2.75, 3.05) is 13.7 Å². The molecule has 10 heteroatoms. The number of hydrogen-bond acceptors (Lipinski definition) is 6. The number of fused-ring (bicyclic) bond motifs is 9. The van der Waals surface area contributed by atoms with E-state index in [1.54, 1.807) is 44.1 Å². The molecule has 0 saturated heterocycles. The maximum absolute atomic E-state index is 13.3. The fourth-order valence-electron chi connectivity index (χ4n) is 5.65. The molecule has 2 aliphatic heterocycles. The first-order valence-electron chi connectivity index (χ1n) is 11.9. The summed E-state index contributed by atoms with van der Waals surface area (Å²) < 4.78 is 39.2. The molecule has 3 atom stereocenters. The first kappa shape index (κ1) is 23.1. The number of hydrogen-bond donors (Lipinski definition) is 1. The molecular weight excluding hydrogens is 470 g/mol. The van der Waals surface area contributed by atoms with Crippen LogP contribution in [-0.4, -0.2) is 62.3 Å². The van der Waals surface area contributed by atoms with E-state index in [0.29, 0.717) is 42.0 Å². The molecule has 3 aromatic rings. The number of nitrogens with zero attached hydrogens (tertiary/aromatic N) is 4. The van der Waals surface area contributed by atoms with Gasteiger partial charge in [-0.3, -0.25) is 9.20 Å². The number of aromatic nitrogens is 3. The van der Waals surface area contributed by atoms with Crippen LogP contribution >= 0.6 is 0 Å². The minimum atomic E-state index is -3.01. The second kappa shape index (κ2) is 8.07. The predicted octanol–water partition coefficient (Wildman–Crippen LogP) is 3.94. The summed E-state index contributed by atoms with van der Waals surface area (Å²) in [6.45, 7) is 0.777. The van der Waals surface area contributed by atoms with Crippen LogP contribution in [0.3, 0.4) is 0 Å². The normalized spacial score (nSPS) is 23.5. The van der Waals surface area contributed by atoms with E-state index in [4.69, 9.17) is 14.5 Å². The summed E-state index contributed by atoms with van der Waals surface area (Å²) in [6, 6.07) is 4.39. The lowest BCUT2D eigenvalue weighted by molar-refractivity contribution is -0.0804. The van der Waals surface area contributed by atoms with Gasteiger partial charge in [-0.25, -0.2) is 9.97 Å². The number of halogens is 2. The Hall–Kier alpha value is -3.37. The van der Waals surface area contributed by atoms with Gasteiger partial charge in [0.25, 0.3) is 5.91 Å². The third-order valence-corrected chi connectivity index (χ3v) is 7.48. The summed E-state index contributed by atoms with van der Waals surface area (Å²) >= 11 is 0. The van der Waals surface area contributed by atoms with Crippen molar-refractivity contribution in [2.45, 2.75) is 57.0 Å². The van der Waals surface area contributed by atoms with Crippen LogP contribution in [0.5, 0.6) is 5.75 Å². The summed E-state index contributed by atoms with van der Waals surface area (Å²) in [5, 5.41) is 10.3. The van der Waals surface area contributed by atoms with E-state index in [-0.39, 0.29) is 29.7 Å². The average molecular weight is 497 g/mol. The average Bonchev–Trinajstić information content (AvgIpc) is 3.36. The molecule has 1 N–H and O–H groups in total. The molecular formula is C26H26F2N4O4. The molecule has 3 aliphatic rings. The monoisotopic (exact) mass is 496 g/mol. The molecule has 0 radical (unpaired) electrons. The van der Waals surface area contributed by atoms with Crippen molar-refractivity contribution in [3.05, 3.63) is 64.7 Å². The second-order valence-corrected chi connectivity index (χ2v) is 10.1. The van der Waals surface area contributed by atoms with Crippen molar-refractivity contribution in [3.8, 4) is 5.75 Å². The van der Waals surface area contributed by atoms with E-state index in [1.807, 2.05) is 16.7 Å². The molecule has 188 valence electrons. The van der Waals surface area contributed by atoms with Crippen LogP contribution in [0.1, 0.15) is 71.5 Å². The number of alkyl halides is 2. The number of benzene rings is 1. The Morgan fingerprint density at radius 1 is 1.31 bits per heavy atom. The Labute approximate surface area is 206 Å². The van der Waals surface area contributed by atoms with Crippen LogP contribution in [0.2, 0.25) is 0 Å². The number of rotatable bonds is 4. The van der Waals surface area contributed by atoms with Gasteiger partial charge in [-0.2, -0.15) is 8.78 Å². The van der Waals surface area contributed by atoms with Crippen molar-refractivity contribution < 1.29 is 28.2 Å². The topological polar surface area (TPSA) is 89.2 Å². The van der Waals surface area contributed by atoms with Gasteiger partial charge in [-0.1, -0.05) is 12.1 Å². The van der Waals surface area contributed by atoms with Crippen LogP contribution in [0.15, 0.2) is 36.7 Å². The fraction of sp³-hybridized carbons (Fsp3) is 0.423. The lowest BCUT2D eigenvalue weighted by atomic mass is 9.91. The summed E-state index contributed by atoms with van der Waals surface area (Å²) in [5.41, 5.74) is 3.19. The van der Waals surface area contributed by atoms with E-state index in [0.717, 1.165) is 16.8 Å². The standard InChI is InChI=1S/C26H26F2N4O4/c1-26(2,34)19-8-7-13(12-35-19)14-10-29-25-30-21-17-9-16(22(21)32(25)11-14)20-15(23(33)31(17)3)5-4-6-18(20)36-24(27)28/h4-7,10-11,16-17,19,24,34H,8-9,12H2,1-3H3. The molecule has 4 heterocycles. The Morgan fingerprint density at radius 2 is 2.11 bits per heavy atom. The van der Waals surface area contributed by atoms with Gasteiger partial charge in [0.15, 0.2) is 0 Å². The Balaban J connectivity index is 1.48. The van der Waals surface area contributed by atoms with E-state index in [1.165, 1.54) is 6.07 Å². The summed E-state index contributed by atoms with van der Waals surface area (Å²) in [6.07, 6.45) is 6.50. The molecule has 2 aromatic heterocycles. The maximum Gasteiger partial charge on any atom is 0.387 e. The van der Waals surface area contributed by atoms with Crippen molar-refractivity contribution in [2.24, 2.45) is 0 Å². The smallest absolute Gasteiger partial charge is 0.387 e. The number of carbonyl (C=O) groups is 1. The highest BCUT2D eigenvalue weighted by Gasteiger charge is 2.46. The summed E-state index contributed by atoms with van der Waals surface area (Å²) in [5.74, 6) is -0.143. The zero-order valence-corrected chi connectivity index (χ0v) is 20.1. The lowest BCUT2D eigenvalue weighted by Crippen LogP contribution is -2.39. The van der Waals surface area contributed by atoms with Crippen LogP contribution in [-0.2, 0) is 4.74 Å². The molecule has 1 amide bonds. The first-order valence-corrected chi connectivity index (χ1v) is 11.9. The van der Waals surface area contributed by atoms with Crippen LogP contribution in [0.4, 0.5) is 8.78 Å². The Bertz CT molecular complexity index is 1410. The highest BCUT2D eigenvalue weighted by atomic mass is 19.3. The van der Waals surface area contributed by atoms with Crippen molar-refractivity contribution >= 4 is 17.3 Å². The van der Waals surface area contributed by atoms with Gasteiger partial charge in [0.1, 0.15) is 5.75 Å². The molecule has 6 rings (SSSR count). The molecule has 8 nitrogen and oxygen atoms in total. The first-order chi connectivity index (χ1) is 17.1. The van der Waals surface area contributed by atoms with Gasteiger partial charge in [0.05, 0.1) is 35.7 Å². The van der Waals surface area contributed by atoms with Crippen LogP contribution < -0.4 is 4.74 Å². The fourth-order valence-corrected chi connectivity index (χ4v) is 5.65. The van der Waals surface area contributed by atoms with Gasteiger partial charge < -0.3 is 19.5 Å². The molecule has 2 bridgehead atoms. The van der Waals surface area contributed by atoms with Crippen molar-refractivity contribution in [1.82, 2.24) is 19.3 Å². The molecule has 0 spiro atoms. The minimum absolute atomic E-state index is 0.00265.